The van der Waals surface area contributed by atoms with Crippen molar-refractivity contribution in [1.82, 2.24) is 5.32 Å². The highest BCUT2D eigenvalue weighted by molar-refractivity contribution is 5.94. The van der Waals surface area contributed by atoms with Gasteiger partial charge in [0.15, 0.2) is 23.0 Å². The van der Waals surface area contributed by atoms with Gasteiger partial charge in [-0.1, -0.05) is 6.07 Å². The lowest BCUT2D eigenvalue weighted by atomic mass is 9.90. The van der Waals surface area contributed by atoms with Crippen LogP contribution in [0.1, 0.15) is 41.6 Å². The molecule has 1 aliphatic rings. The fourth-order valence-electron chi connectivity index (χ4n) is 4.18. The summed E-state index contributed by atoms with van der Waals surface area (Å²) in [5.41, 5.74) is 1.95. The van der Waals surface area contributed by atoms with Crippen molar-refractivity contribution in [2.45, 2.75) is 30.9 Å². The van der Waals surface area contributed by atoms with Crippen molar-refractivity contribution < 1.29 is 48.3 Å². The smallest absolute Gasteiger partial charge is 0.328 e. The molecule has 0 bridgehead atoms. The SMILES string of the molecule is COC(=O)CC[C@H](NC(=O)/C=C/c1cc(OC)c2c(c1)[C@H](CO)[C@@H](c1ccc(O)c(OC)c1)O2)C(=O)OC. The number of hydrogen-bond donors (Lipinski definition) is 3. The quantitative estimate of drug-likeness (QED) is 0.292. The summed E-state index contributed by atoms with van der Waals surface area (Å²) in [7, 11) is 5.34. The Morgan fingerprint density at radius 1 is 1.05 bits per heavy atom. The largest absolute Gasteiger partial charge is 0.504 e. The molecule has 1 heterocycles. The number of aliphatic hydroxyl groups is 1. The number of esters is 2. The third-order valence-electron chi connectivity index (χ3n) is 6.16. The van der Waals surface area contributed by atoms with Gasteiger partial charge in [0.25, 0.3) is 0 Å². The number of methoxy groups -OCH3 is 4. The van der Waals surface area contributed by atoms with E-state index in [1.807, 2.05) is 0 Å². The van der Waals surface area contributed by atoms with E-state index in [4.69, 9.17) is 18.9 Å². The first-order chi connectivity index (χ1) is 18.3. The molecule has 1 aliphatic heterocycles. The predicted octanol–water partition coefficient (Wildman–Crippen LogP) is 2.24. The highest BCUT2D eigenvalue weighted by atomic mass is 16.5. The molecule has 0 saturated carbocycles. The average molecular weight is 530 g/mol. The first kappa shape index (κ1) is 28.3. The van der Waals surface area contributed by atoms with Gasteiger partial charge >= 0.3 is 11.9 Å². The van der Waals surface area contributed by atoms with E-state index >= 15 is 0 Å². The normalized spacial score (nSPS) is 16.8. The summed E-state index contributed by atoms with van der Waals surface area (Å²) in [4.78, 5) is 36.0. The van der Waals surface area contributed by atoms with Crippen molar-refractivity contribution in [3.8, 4) is 23.0 Å². The van der Waals surface area contributed by atoms with Crippen molar-refractivity contribution in [1.29, 1.82) is 0 Å². The van der Waals surface area contributed by atoms with Gasteiger partial charge in [0.05, 0.1) is 41.0 Å². The molecule has 0 spiro atoms. The Bertz CT molecular complexity index is 1210. The second-order valence-electron chi connectivity index (χ2n) is 8.43. The average Bonchev–Trinajstić information content (AvgIpc) is 3.31. The van der Waals surface area contributed by atoms with Crippen LogP contribution in [0.5, 0.6) is 23.0 Å². The number of phenolic OH excluding ortho intramolecular Hbond substituents is 1. The molecule has 0 unspecified atom stereocenters. The summed E-state index contributed by atoms with van der Waals surface area (Å²) >= 11 is 0. The van der Waals surface area contributed by atoms with Crippen LogP contribution in [0.3, 0.4) is 0 Å². The van der Waals surface area contributed by atoms with Crippen molar-refractivity contribution in [3.05, 3.63) is 53.1 Å². The van der Waals surface area contributed by atoms with Crippen LogP contribution in [0, 0.1) is 0 Å². The first-order valence-electron chi connectivity index (χ1n) is 11.8. The molecule has 0 fully saturated rings. The van der Waals surface area contributed by atoms with Crippen molar-refractivity contribution >= 4 is 23.9 Å². The molecular weight excluding hydrogens is 498 g/mol. The summed E-state index contributed by atoms with van der Waals surface area (Å²) in [5, 5.41) is 22.7. The fourth-order valence-corrected chi connectivity index (χ4v) is 4.18. The molecule has 3 rings (SSSR count). The van der Waals surface area contributed by atoms with Gasteiger partial charge in [-0.2, -0.15) is 0 Å². The van der Waals surface area contributed by atoms with E-state index in [1.165, 1.54) is 46.7 Å². The number of nitrogens with one attached hydrogen (secondary N) is 1. The van der Waals surface area contributed by atoms with Gasteiger partial charge in [0, 0.05) is 18.1 Å². The minimum atomic E-state index is -1.03. The second-order valence-corrected chi connectivity index (χ2v) is 8.43. The van der Waals surface area contributed by atoms with Crippen LogP contribution in [-0.4, -0.2) is 69.1 Å². The monoisotopic (exact) mass is 529 g/mol. The van der Waals surface area contributed by atoms with Crippen LogP contribution in [0.25, 0.3) is 6.08 Å². The molecule has 11 heteroatoms. The van der Waals surface area contributed by atoms with E-state index in [9.17, 15) is 24.6 Å². The molecular formula is C27H31NO10. The number of hydrogen-bond acceptors (Lipinski definition) is 10. The number of fused-ring (bicyclic) bond motifs is 1. The summed E-state index contributed by atoms with van der Waals surface area (Å²) in [6, 6.07) is 7.24. The van der Waals surface area contributed by atoms with Crippen LogP contribution in [0.4, 0.5) is 0 Å². The molecule has 2 aromatic rings. The maximum atomic E-state index is 12.5. The van der Waals surface area contributed by atoms with Gasteiger partial charge in [-0.15, -0.1) is 0 Å². The van der Waals surface area contributed by atoms with E-state index in [1.54, 1.807) is 24.3 Å². The summed E-state index contributed by atoms with van der Waals surface area (Å²) < 4.78 is 26.2. The second kappa shape index (κ2) is 12.8. The van der Waals surface area contributed by atoms with Crippen LogP contribution in [-0.2, 0) is 23.9 Å². The molecule has 1 amide bonds. The number of carbonyl (C=O) groups is 3. The van der Waals surface area contributed by atoms with E-state index in [0.29, 0.717) is 28.2 Å². The van der Waals surface area contributed by atoms with Crippen molar-refractivity contribution in [2.75, 3.05) is 35.0 Å². The molecule has 3 N–H and O–H groups in total. The number of rotatable bonds is 11. The number of phenols is 1. The number of aliphatic hydroxyl groups excluding tert-OH is 1. The van der Waals surface area contributed by atoms with Crippen molar-refractivity contribution in [2.24, 2.45) is 0 Å². The number of ether oxygens (including phenoxy) is 5. The first-order valence-corrected chi connectivity index (χ1v) is 11.8. The third kappa shape index (κ3) is 6.35. The standard InChI is InChI=1S/C27H31NO10/c1-34-21-13-16(6-8-20(21)30)25-18(14-29)17-11-15(12-22(35-2)26(17)38-25)5-9-23(31)28-19(27(33)37-4)7-10-24(32)36-3/h5-6,8-9,11-13,18-19,25,29-30H,7,10,14H2,1-4H3,(H,28,31)/b9-5+/t18-,19-,25+/m0/s1. The maximum Gasteiger partial charge on any atom is 0.328 e. The molecule has 0 radical (unpaired) electrons. The topological polar surface area (TPSA) is 150 Å². The number of aromatic hydroxyl groups is 1. The Hall–Kier alpha value is -4.25. The molecule has 11 nitrogen and oxygen atoms in total. The molecule has 0 saturated heterocycles. The number of amides is 1. The summed E-state index contributed by atoms with van der Waals surface area (Å²) in [5.74, 6) is -1.12. The maximum absolute atomic E-state index is 12.5. The van der Waals surface area contributed by atoms with Crippen LogP contribution in [0.15, 0.2) is 36.4 Å². The highest BCUT2D eigenvalue weighted by Crippen LogP contribution is 2.51. The van der Waals surface area contributed by atoms with Gasteiger partial charge in [-0.3, -0.25) is 9.59 Å². The lowest BCUT2D eigenvalue weighted by Gasteiger charge is -2.18. The van der Waals surface area contributed by atoms with Gasteiger partial charge in [-0.25, -0.2) is 4.79 Å². The van der Waals surface area contributed by atoms with E-state index < -0.39 is 35.9 Å². The molecule has 0 aliphatic carbocycles. The van der Waals surface area contributed by atoms with Gasteiger partial charge in [0.2, 0.25) is 5.91 Å². The van der Waals surface area contributed by atoms with Crippen molar-refractivity contribution in [3.63, 3.8) is 0 Å². The summed E-state index contributed by atoms with van der Waals surface area (Å²) in [6.07, 6.45) is 2.14. The van der Waals surface area contributed by atoms with Gasteiger partial charge in [-0.05, 0) is 47.9 Å². The van der Waals surface area contributed by atoms with Crippen LogP contribution in [0.2, 0.25) is 0 Å². The lowest BCUT2D eigenvalue weighted by Crippen LogP contribution is -2.41. The zero-order valence-corrected chi connectivity index (χ0v) is 21.6. The van der Waals surface area contributed by atoms with E-state index in [-0.39, 0.29) is 30.9 Å². The molecule has 204 valence electrons. The van der Waals surface area contributed by atoms with Crippen LogP contribution >= 0.6 is 0 Å². The summed E-state index contributed by atoms with van der Waals surface area (Å²) in [6.45, 7) is -0.237. The Morgan fingerprint density at radius 3 is 2.42 bits per heavy atom. The molecule has 3 atom stereocenters. The Labute approximate surface area is 219 Å². The zero-order valence-electron chi connectivity index (χ0n) is 21.6. The van der Waals surface area contributed by atoms with E-state index in [0.717, 1.165) is 0 Å². The Morgan fingerprint density at radius 2 is 1.79 bits per heavy atom. The third-order valence-corrected chi connectivity index (χ3v) is 6.16. The molecule has 2 aromatic carbocycles. The minimum Gasteiger partial charge on any atom is -0.504 e. The number of carbonyl (C=O) groups excluding carboxylic acids is 3. The Balaban J connectivity index is 1.83. The van der Waals surface area contributed by atoms with Crippen LogP contribution < -0.4 is 19.5 Å². The highest BCUT2D eigenvalue weighted by Gasteiger charge is 2.38. The Kier molecular flexibility index (Phi) is 9.55. The van der Waals surface area contributed by atoms with Gasteiger partial charge < -0.3 is 39.2 Å². The number of benzene rings is 2. The lowest BCUT2D eigenvalue weighted by molar-refractivity contribution is -0.146. The predicted molar refractivity (Wildman–Crippen MR) is 135 cm³/mol. The zero-order chi connectivity index (χ0) is 27.8. The molecule has 38 heavy (non-hydrogen) atoms. The fraction of sp³-hybridized carbons (Fsp3) is 0.370. The van der Waals surface area contributed by atoms with E-state index in [2.05, 4.69) is 10.1 Å². The van der Waals surface area contributed by atoms with Gasteiger partial charge in [0.1, 0.15) is 12.1 Å². The molecule has 0 aromatic heterocycles. The minimum absolute atomic E-state index is 0.0182.